The summed E-state index contributed by atoms with van der Waals surface area (Å²) in [5.41, 5.74) is 2.21. The summed E-state index contributed by atoms with van der Waals surface area (Å²) in [7, 11) is 3.07. The molecule has 0 saturated carbocycles. The number of para-hydroxylation sites is 1. The topological polar surface area (TPSA) is 77.8 Å². The van der Waals surface area contributed by atoms with E-state index in [2.05, 4.69) is 4.90 Å². The Hall–Kier alpha value is -4.41. The fourth-order valence-electron chi connectivity index (χ4n) is 5.42. The Morgan fingerprint density at radius 1 is 1.00 bits per heavy atom. The number of halogens is 3. The van der Waals surface area contributed by atoms with Gasteiger partial charge in [0.1, 0.15) is 23.0 Å². The molecule has 1 fully saturated rings. The Bertz CT molecular complexity index is 1440. The first-order valence-corrected chi connectivity index (χ1v) is 13.3. The van der Waals surface area contributed by atoms with Gasteiger partial charge < -0.3 is 29.3 Å². The number of nitrogens with zero attached hydrogens (tertiary/aromatic N) is 4. The van der Waals surface area contributed by atoms with Crippen molar-refractivity contribution in [2.45, 2.75) is 25.3 Å². The van der Waals surface area contributed by atoms with Crippen molar-refractivity contribution in [2.24, 2.45) is 4.99 Å². The van der Waals surface area contributed by atoms with Gasteiger partial charge in [-0.2, -0.15) is 0 Å². The second-order valence-electron chi connectivity index (χ2n) is 9.85. The van der Waals surface area contributed by atoms with Crippen molar-refractivity contribution in [3.63, 3.8) is 0 Å². The number of ether oxygens (including phenoxy) is 2. The Morgan fingerprint density at radius 2 is 1.73 bits per heavy atom. The molecule has 0 amide bonds. The largest absolute Gasteiger partial charge is 0.497 e. The Morgan fingerprint density at radius 3 is 2.41 bits per heavy atom. The van der Waals surface area contributed by atoms with Crippen molar-refractivity contribution < 1.29 is 32.5 Å². The average molecular weight is 569 g/mol. The minimum absolute atomic E-state index is 0.0722. The number of hydrogen-bond donors (Lipinski definition) is 1. The van der Waals surface area contributed by atoms with Crippen molar-refractivity contribution in [2.75, 3.05) is 50.2 Å². The molecule has 0 bridgehead atoms. The van der Waals surface area contributed by atoms with Gasteiger partial charge in [-0.1, -0.05) is 24.3 Å². The number of piperazine rings is 1. The molecule has 216 valence electrons. The van der Waals surface area contributed by atoms with Crippen LogP contribution in [-0.2, 0) is 11.2 Å². The summed E-state index contributed by atoms with van der Waals surface area (Å²) in [5.74, 6) is -0.217. The SMILES string of the molecule is COc1cccc(N2CCN(C3=Nc4c(F)cccc4C(CC(=O)O)N3c3cc(CC(F)F)ccc3OC)CC2)c1. The number of guanidine groups is 1. The molecular formula is C30H31F3N4O4. The molecule has 0 aromatic heterocycles. The molecular weight excluding hydrogens is 537 g/mol. The molecule has 8 nitrogen and oxygen atoms in total. The number of carboxylic acid groups (broad SMARTS) is 1. The van der Waals surface area contributed by atoms with Crippen molar-refractivity contribution in [3.05, 3.63) is 77.6 Å². The third kappa shape index (κ3) is 5.89. The highest BCUT2D eigenvalue weighted by Crippen LogP contribution is 2.45. The summed E-state index contributed by atoms with van der Waals surface area (Å²) in [5, 5.41) is 9.90. The lowest BCUT2D eigenvalue weighted by atomic mass is 9.96. The molecule has 2 aliphatic rings. The fourth-order valence-corrected chi connectivity index (χ4v) is 5.42. The molecule has 2 heterocycles. The summed E-state index contributed by atoms with van der Waals surface area (Å²) < 4.78 is 52.8. The smallest absolute Gasteiger partial charge is 0.305 e. The third-order valence-electron chi connectivity index (χ3n) is 7.36. The molecule has 1 atom stereocenters. The van der Waals surface area contributed by atoms with Crippen LogP contribution in [0.4, 0.5) is 30.2 Å². The number of anilines is 2. The molecule has 41 heavy (non-hydrogen) atoms. The van der Waals surface area contributed by atoms with Crippen LogP contribution in [0.5, 0.6) is 11.5 Å². The standard InChI is InChI=1S/C30H31F3N4O4/c1-40-21-6-3-5-20(17-21)35-11-13-36(14-12-35)30-34-29-22(7-4-8-23(29)31)24(18-28(38)39)37(30)25-15-19(16-27(32)33)9-10-26(25)41-2/h3-10,15,17,24,27H,11-14,16,18H2,1-2H3,(H,38,39). The van der Waals surface area contributed by atoms with E-state index in [0.29, 0.717) is 54.7 Å². The number of fused-ring (bicyclic) bond motifs is 1. The molecule has 2 aliphatic heterocycles. The van der Waals surface area contributed by atoms with E-state index in [-0.39, 0.29) is 12.1 Å². The molecule has 11 heteroatoms. The van der Waals surface area contributed by atoms with E-state index >= 15 is 4.39 Å². The van der Waals surface area contributed by atoms with Gasteiger partial charge in [0.15, 0.2) is 0 Å². The van der Waals surface area contributed by atoms with Gasteiger partial charge in [-0.15, -0.1) is 0 Å². The minimum atomic E-state index is -2.57. The molecule has 3 aromatic carbocycles. The monoisotopic (exact) mass is 568 g/mol. The van der Waals surface area contributed by atoms with Gasteiger partial charge in [0.05, 0.1) is 32.4 Å². The van der Waals surface area contributed by atoms with Crippen LogP contribution in [0.2, 0.25) is 0 Å². The van der Waals surface area contributed by atoms with E-state index in [1.807, 2.05) is 29.2 Å². The van der Waals surface area contributed by atoms with Crippen LogP contribution >= 0.6 is 0 Å². The van der Waals surface area contributed by atoms with Crippen LogP contribution in [0.15, 0.2) is 65.7 Å². The highest BCUT2D eigenvalue weighted by Gasteiger charge is 2.38. The van der Waals surface area contributed by atoms with E-state index in [4.69, 9.17) is 14.5 Å². The van der Waals surface area contributed by atoms with Gasteiger partial charge in [0, 0.05) is 49.9 Å². The number of carbonyl (C=O) groups is 1. The summed E-state index contributed by atoms with van der Waals surface area (Å²) >= 11 is 0. The molecule has 1 saturated heterocycles. The lowest BCUT2D eigenvalue weighted by Gasteiger charge is -2.45. The number of benzene rings is 3. The predicted molar refractivity (Wildman–Crippen MR) is 150 cm³/mol. The second kappa shape index (κ2) is 12.0. The highest BCUT2D eigenvalue weighted by molar-refractivity contribution is 6.02. The summed E-state index contributed by atoms with van der Waals surface area (Å²) in [4.78, 5) is 22.7. The highest BCUT2D eigenvalue weighted by atomic mass is 19.3. The van der Waals surface area contributed by atoms with E-state index in [1.165, 1.54) is 19.2 Å². The maximum Gasteiger partial charge on any atom is 0.305 e. The predicted octanol–water partition coefficient (Wildman–Crippen LogP) is 5.50. The first-order valence-electron chi connectivity index (χ1n) is 13.3. The van der Waals surface area contributed by atoms with Gasteiger partial charge in [0.25, 0.3) is 0 Å². The number of carboxylic acids is 1. The maximum absolute atomic E-state index is 15.1. The second-order valence-corrected chi connectivity index (χ2v) is 9.85. The molecule has 0 radical (unpaired) electrons. The Balaban J connectivity index is 1.58. The summed E-state index contributed by atoms with van der Waals surface area (Å²) in [6, 6.07) is 16.0. The van der Waals surface area contributed by atoms with Gasteiger partial charge in [-0.25, -0.2) is 18.2 Å². The molecule has 5 rings (SSSR count). The van der Waals surface area contributed by atoms with Crippen LogP contribution in [0.1, 0.15) is 23.6 Å². The van der Waals surface area contributed by atoms with Crippen molar-refractivity contribution in [1.29, 1.82) is 0 Å². The Kier molecular flexibility index (Phi) is 8.23. The molecule has 3 aromatic rings. The zero-order valence-corrected chi connectivity index (χ0v) is 22.8. The zero-order valence-electron chi connectivity index (χ0n) is 22.8. The summed E-state index contributed by atoms with van der Waals surface area (Å²) in [6.45, 7) is 2.21. The van der Waals surface area contributed by atoms with Crippen molar-refractivity contribution >= 4 is 29.0 Å². The number of alkyl halides is 2. The lowest BCUT2D eigenvalue weighted by molar-refractivity contribution is -0.137. The van der Waals surface area contributed by atoms with E-state index in [1.54, 1.807) is 36.3 Å². The lowest BCUT2D eigenvalue weighted by Crippen LogP contribution is -2.55. The molecule has 0 aliphatic carbocycles. The van der Waals surface area contributed by atoms with Crippen LogP contribution in [0, 0.1) is 5.82 Å². The van der Waals surface area contributed by atoms with E-state index in [9.17, 15) is 18.7 Å². The molecule has 0 spiro atoms. The van der Waals surface area contributed by atoms with E-state index in [0.717, 1.165) is 11.4 Å². The van der Waals surface area contributed by atoms with E-state index < -0.39 is 30.7 Å². The van der Waals surface area contributed by atoms with Crippen molar-refractivity contribution in [3.8, 4) is 11.5 Å². The normalized spacial score (nSPS) is 16.9. The van der Waals surface area contributed by atoms with Crippen LogP contribution < -0.4 is 19.3 Å². The van der Waals surface area contributed by atoms with Gasteiger partial charge in [-0.3, -0.25) is 4.79 Å². The average Bonchev–Trinajstić information content (AvgIpc) is 2.97. The van der Waals surface area contributed by atoms with Crippen LogP contribution in [0.3, 0.4) is 0 Å². The first kappa shape index (κ1) is 28.1. The minimum Gasteiger partial charge on any atom is -0.497 e. The molecule has 1 N–H and O–H groups in total. The number of methoxy groups -OCH3 is 2. The zero-order chi connectivity index (χ0) is 29.1. The number of aliphatic imine (C=N–C) groups is 1. The van der Waals surface area contributed by atoms with Crippen molar-refractivity contribution in [1.82, 2.24) is 4.90 Å². The number of aliphatic carboxylic acids is 1. The van der Waals surface area contributed by atoms with Crippen LogP contribution in [0.25, 0.3) is 0 Å². The van der Waals surface area contributed by atoms with Gasteiger partial charge in [-0.05, 0) is 35.9 Å². The molecule has 1 unspecified atom stereocenters. The van der Waals surface area contributed by atoms with Crippen LogP contribution in [-0.4, -0.2) is 68.8 Å². The van der Waals surface area contributed by atoms with Gasteiger partial charge >= 0.3 is 5.97 Å². The number of hydrogen-bond acceptors (Lipinski definition) is 7. The number of rotatable bonds is 8. The quantitative estimate of drug-likeness (QED) is 0.385. The Labute approximate surface area is 236 Å². The fraction of sp³-hybridized carbons (Fsp3) is 0.333. The maximum atomic E-state index is 15.1. The van der Waals surface area contributed by atoms with Gasteiger partial charge in [0.2, 0.25) is 12.4 Å². The third-order valence-corrected chi connectivity index (χ3v) is 7.36. The summed E-state index contributed by atoms with van der Waals surface area (Å²) in [6.07, 6.45) is -3.42. The first-order chi connectivity index (χ1) is 19.8.